The molecular formula is C22H26ClN5O5S. The Balaban J connectivity index is 1.45. The summed E-state index contributed by atoms with van der Waals surface area (Å²) in [5.74, 6) is -0.475. The van der Waals surface area contributed by atoms with Crippen molar-refractivity contribution in [3.05, 3.63) is 45.6 Å². The zero-order valence-electron chi connectivity index (χ0n) is 18.3. The minimum absolute atomic E-state index is 0.0629. The number of halogens is 1. The van der Waals surface area contributed by atoms with Crippen LogP contribution in [0.2, 0.25) is 4.34 Å². The number of amides is 3. The van der Waals surface area contributed by atoms with Crippen molar-refractivity contribution in [3.63, 3.8) is 0 Å². The number of aliphatic hydroxyl groups is 1. The highest BCUT2D eigenvalue weighted by Crippen LogP contribution is 2.24. The van der Waals surface area contributed by atoms with E-state index in [0.717, 1.165) is 12.0 Å². The molecule has 0 saturated carbocycles. The molecule has 34 heavy (non-hydrogen) atoms. The number of aliphatic hydroxyl groups excluding tert-OH is 1. The molecule has 3 rings (SSSR count). The average Bonchev–Trinajstić information content (AvgIpc) is 3.44. The lowest BCUT2D eigenvalue weighted by Crippen LogP contribution is -2.34. The molecule has 2 heterocycles. The third-order valence-electron chi connectivity index (χ3n) is 5.05. The summed E-state index contributed by atoms with van der Waals surface area (Å²) in [6.07, 6.45) is 0.591. The van der Waals surface area contributed by atoms with E-state index in [1.54, 1.807) is 36.4 Å². The van der Waals surface area contributed by atoms with E-state index >= 15 is 0 Å². The van der Waals surface area contributed by atoms with Crippen molar-refractivity contribution in [2.45, 2.75) is 18.9 Å². The molecule has 1 aliphatic rings. The van der Waals surface area contributed by atoms with Gasteiger partial charge in [-0.3, -0.25) is 19.9 Å². The van der Waals surface area contributed by atoms with E-state index in [1.807, 2.05) is 0 Å². The summed E-state index contributed by atoms with van der Waals surface area (Å²) in [5, 5.41) is 22.1. The van der Waals surface area contributed by atoms with Crippen molar-refractivity contribution in [2.75, 3.05) is 43.0 Å². The van der Waals surface area contributed by atoms with Gasteiger partial charge >= 0.3 is 6.09 Å². The molecule has 0 bridgehead atoms. The first-order chi connectivity index (χ1) is 16.4. The third-order valence-corrected chi connectivity index (χ3v) is 6.28. The second-order valence-corrected chi connectivity index (χ2v) is 9.16. The second kappa shape index (κ2) is 12.4. The zero-order chi connectivity index (χ0) is 24.5. The van der Waals surface area contributed by atoms with Crippen LogP contribution in [0.25, 0.3) is 0 Å². The molecule has 0 aliphatic carbocycles. The van der Waals surface area contributed by atoms with Gasteiger partial charge in [-0.05, 0) is 42.8 Å². The van der Waals surface area contributed by atoms with E-state index in [9.17, 15) is 14.4 Å². The molecule has 1 fully saturated rings. The SMILES string of the molecule is N=CN(CCNc1ccc(N2C[C@H](CNC(=O)c3ccc(Cl)s3)OC2=O)cc1)C(=O)CCCO. The lowest BCUT2D eigenvalue weighted by atomic mass is 10.2. The highest BCUT2D eigenvalue weighted by Gasteiger charge is 2.32. The van der Waals surface area contributed by atoms with Gasteiger partial charge in [-0.25, -0.2) is 4.79 Å². The molecule has 1 saturated heterocycles. The Morgan fingerprint density at radius 1 is 1.29 bits per heavy atom. The number of carbonyl (C=O) groups is 3. The van der Waals surface area contributed by atoms with Gasteiger partial charge in [0.05, 0.1) is 28.6 Å². The molecule has 0 radical (unpaired) electrons. The number of hydrogen-bond donors (Lipinski definition) is 4. The summed E-state index contributed by atoms with van der Waals surface area (Å²) in [5.41, 5.74) is 1.46. The van der Waals surface area contributed by atoms with E-state index < -0.39 is 12.2 Å². The number of rotatable bonds is 12. The Hall–Kier alpha value is -3.15. The molecule has 3 amide bonds. The van der Waals surface area contributed by atoms with E-state index in [4.69, 9.17) is 26.9 Å². The van der Waals surface area contributed by atoms with Crippen LogP contribution >= 0.6 is 22.9 Å². The molecule has 10 nitrogen and oxygen atoms in total. The number of ether oxygens (including phenoxy) is 1. The number of thiophene rings is 1. The Morgan fingerprint density at radius 3 is 2.71 bits per heavy atom. The number of nitrogens with one attached hydrogen (secondary N) is 3. The van der Waals surface area contributed by atoms with Crippen molar-refractivity contribution < 1.29 is 24.2 Å². The van der Waals surface area contributed by atoms with Gasteiger partial charge in [-0.15, -0.1) is 11.3 Å². The number of hydrogen-bond acceptors (Lipinski definition) is 8. The minimum Gasteiger partial charge on any atom is -0.442 e. The summed E-state index contributed by atoms with van der Waals surface area (Å²) in [6.45, 7) is 1.19. The minimum atomic E-state index is -0.484. The molecule has 1 aliphatic heterocycles. The Morgan fingerprint density at radius 2 is 2.06 bits per heavy atom. The summed E-state index contributed by atoms with van der Waals surface area (Å²) in [6, 6.07) is 10.5. The van der Waals surface area contributed by atoms with Crippen molar-refractivity contribution in [1.82, 2.24) is 10.2 Å². The normalized spacial score (nSPS) is 15.1. The van der Waals surface area contributed by atoms with Gasteiger partial charge in [0.15, 0.2) is 0 Å². The fourth-order valence-corrected chi connectivity index (χ4v) is 4.24. The van der Waals surface area contributed by atoms with Crippen molar-refractivity contribution in [1.29, 1.82) is 5.41 Å². The molecular weight excluding hydrogens is 482 g/mol. The fourth-order valence-electron chi connectivity index (χ4n) is 3.28. The molecule has 4 N–H and O–H groups in total. The van der Waals surface area contributed by atoms with E-state index in [0.29, 0.717) is 41.0 Å². The van der Waals surface area contributed by atoms with Crippen molar-refractivity contribution >= 4 is 58.6 Å². The van der Waals surface area contributed by atoms with E-state index in [1.165, 1.54) is 21.1 Å². The van der Waals surface area contributed by atoms with Crippen LogP contribution in [0.4, 0.5) is 16.2 Å². The van der Waals surface area contributed by atoms with Crippen molar-refractivity contribution in [3.8, 4) is 0 Å². The largest absolute Gasteiger partial charge is 0.442 e. The first kappa shape index (κ1) is 25.5. The quantitative estimate of drug-likeness (QED) is 0.258. The topological polar surface area (TPSA) is 135 Å². The van der Waals surface area contributed by atoms with Crippen LogP contribution in [-0.2, 0) is 9.53 Å². The zero-order valence-corrected chi connectivity index (χ0v) is 19.9. The monoisotopic (exact) mass is 507 g/mol. The summed E-state index contributed by atoms with van der Waals surface area (Å²) >= 11 is 7.03. The van der Waals surface area contributed by atoms with Crippen molar-refractivity contribution in [2.24, 2.45) is 0 Å². The first-order valence-corrected chi connectivity index (χ1v) is 11.9. The van der Waals surface area contributed by atoms with Gasteiger partial charge < -0.3 is 25.4 Å². The Bertz CT molecular complexity index is 1020. The van der Waals surface area contributed by atoms with Gasteiger partial charge in [0.2, 0.25) is 5.91 Å². The van der Waals surface area contributed by atoms with Crippen LogP contribution in [0.3, 0.4) is 0 Å². The number of anilines is 2. The van der Waals surface area contributed by atoms with E-state index in [-0.39, 0.29) is 31.4 Å². The number of nitrogens with zero attached hydrogens (tertiary/aromatic N) is 2. The van der Waals surface area contributed by atoms with Gasteiger partial charge in [0.1, 0.15) is 6.10 Å². The highest BCUT2D eigenvalue weighted by atomic mass is 35.5. The lowest BCUT2D eigenvalue weighted by molar-refractivity contribution is -0.127. The van der Waals surface area contributed by atoms with Crippen LogP contribution in [0.1, 0.15) is 22.5 Å². The van der Waals surface area contributed by atoms with Gasteiger partial charge in [0.25, 0.3) is 5.91 Å². The molecule has 2 aromatic rings. The Kier molecular flexibility index (Phi) is 9.25. The number of carbonyl (C=O) groups excluding carboxylic acids is 3. The lowest BCUT2D eigenvalue weighted by Gasteiger charge is -2.18. The maximum Gasteiger partial charge on any atom is 0.414 e. The molecule has 182 valence electrons. The first-order valence-electron chi connectivity index (χ1n) is 10.7. The predicted octanol–water partition coefficient (Wildman–Crippen LogP) is 2.78. The molecule has 1 aromatic heterocycles. The van der Waals surface area contributed by atoms with Gasteiger partial charge in [0, 0.05) is 37.5 Å². The fraction of sp³-hybridized carbons (Fsp3) is 0.364. The van der Waals surface area contributed by atoms with Crippen LogP contribution in [0.5, 0.6) is 0 Å². The molecule has 0 unspecified atom stereocenters. The average molecular weight is 508 g/mol. The highest BCUT2D eigenvalue weighted by molar-refractivity contribution is 7.18. The molecule has 1 atom stereocenters. The van der Waals surface area contributed by atoms with Gasteiger partial charge in [-0.1, -0.05) is 11.6 Å². The second-order valence-electron chi connectivity index (χ2n) is 7.45. The van der Waals surface area contributed by atoms with Crippen LogP contribution in [-0.4, -0.2) is 73.1 Å². The number of cyclic esters (lactones) is 1. The summed E-state index contributed by atoms with van der Waals surface area (Å²) in [4.78, 5) is 39.7. The van der Waals surface area contributed by atoms with Crippen LogP contribution in [0.15, 0.2) is 36.4 Å². The maximum atomic E-state index is 12.3. The maximum absolute atomic E-state index is 12.3. The van der Waals surface area contributed by atoms with Crippen LogP contribution in [0, 0.1) is 5.41 Å². The standard InChI is InChI=1S/C22H26ClN5O5S/c23-19-8-7-18(34-19)21(31)26-12-17-13-28(22(32)33-17)16-5-3-15(4-6-16)25-9-10-27(14-24)20(30)2-1-11-29/h3-8,14,17,24-25,29H,1-2,9-13H2,(H,26,31)/t17-/m0/s1. The van der Waals surface area contributed by atoms with Gasteiger partial charge in [-0.2, -0.15) is 0 Å². The molecule has 1 aromatic carbocycles. The summed E-state index contributed by atoms with van der Waals surface area (Å²) in [7, 11) is 0. The Labute approximate surface area is 206 Å². The van der Waals surface area contributed by atoms with Crippen LogP contribution < -0.4 is 15.5 Å². The third kappa shape index (κ3) is 6.92. The molecule has 12 heteroatoms. The number of benzene rings is 1. The summed E-state index contributed by atoms with van der Waals surface area (Å²) < 4.78 is 5.89. The predicted molar refractivity (Wildman–Crippen MR) is 131 cm³/mol. The smallest absolute Gasteiger partial charge is 0.414 e. The van der Waals surface area contributed by atoms with E-state index in [2.05, 4.69) is 10.6 Å². The molecule has 0 spiro atoms.